The van der Waals surface area contributed by atoms with E-state index in [1.807, 2.05) is 13.8 Å². The van der Waals surface area contributed by atoms with Gasteiger partial charge in [0.1, 0.15) is 12.6 Å². The lowest BCUT2D eigenvalue weighted by Gasteiger charge is -2.32. The first-order valence-corrected chi connectivity index (χ1v) is 15.6. The van der Waals surface area contributed by atoms with Crippen molar-refractivity contribution >= 4 is 62.3 Å². The predicted octanol–water partition coefficient (Wildman–Crippen LogP) is 7.05. The Morgan fingerprint density at radius 1 is 0.907 bits per heavy atom. The van der Waals surface area contributed by atoms with Gasteiger partial charge < -0.3 is 10.2 Å². The molecule has 2 amide bonds. The number of benzene rings is 3. The number of hydrogen-bond donors (Lipinski definition) is 1. The third-order valence-electron chi connectivity index (χ3n) is 6.36. The van der Waals surface area contributed by atoms with Gasteiger partial charge in [0.15, 0.2) is 0 Å². The number of sulfonamides is 1. The summed E-state index contributed by atoms with van der Waals surface area (Å²) in [5.41, 5.74) is -1.33. The molecule has 0 aromatic heterocycles. The first-order valence-electron chi connectivity index (χ1n) is 13.0. The summed E-state index contributed by atoms with van der Waals surface area (Å²) in [6.45, 7) is 4.30. The van der Waals surface area contributed by atoms with Crippen molar-refractivity contribution in [2.24, 2.45) is 5.92 Å². The number of amides is 2. The number of carbonyl (C=O) groups excluding carboxylic acids is 2. The van der Waals surface area contributed by atoms with Crippen LogP contribution in [-0.2, 0) is 32.3 Å². The summed E-state index contributed by atoms with van der Waals surface area (Å²) < 4.78 is 69.1. The van der Waals surface area contributed by atoms with Crippen molar-refractivity contribution in [1.82, 2.24) is 10.2 Å². The maximum Gasteiger partial charge on any atom is 0.416 e. The van der Waals surface area contributed by atoms with Crippen molar-refractivity contribution in [2.45, 2.75) is 44.4 Å². The van der Waals surface area contributed by atoms with Gasteiger partial charge >= 0.3 is 6.18 Å². The van der Waals surface area contributed by atoms with Crippen LogP contribution in [0.5, 0.6) is 0 Å². The van der Waals surface area contributed by atoms with Crippen LogP contribution in [0.15, 0.2) is 71.6 Å². The Bertz CT molecular complexity index is 1570. The molecule has 0 aliphatic rings. The maximum atomic E-state index is 14.0. The summed E-state index contributed by atoms with van der Waals surface area (Å²) in [6.07, 6.45) is -4.83. The van der Waals surface area contributed by atoms with E-state index in [-0.39, 0.29) is 27.4 Å². The molecule has 232 valence electrons. The first kappa shape index (κ1) is 34.5. The molecule has 1 atom stereocenters. The molecular weight excluding hydrogens is 650 g/mol. The van der Waals surface area contributed by atoms with Crippen molar-refractivity contribution in [3.05, 3.63) is 92.9 Å². The Hall–Kier alpha value is -2.99. The van der Waals surface area contributed by atoms with E-state index >= 15 is 0 Å². The summed E-state index contributed by atoms with van der Waals surface area (Å²) in [5, 5.41) is 2.92. The van der Waals surface area contributed by atoms with Gasteiger partial charge in [0.05, 0.1) is 21.2 Å². The van der Waals surface area contributed by atoms with Gasteiger partial charge in [-0.25, -0.2) is 8.42 Å². The van der Waals surface area contributed by atoms with Gasteiger partial charge in [-0.15, -0.1) is 0 Å². The van der Waals surface area contributed by atoms with E-state index in [0.717, 1.165) is 11.0 Å². The van der Waals surface area contributed by atoms with Crippen LogP contribution in [0, 0.1) is 5.92 Å². The molecule has 14 heteroatoms. The minimum absolute atomic E-state index is 0.0977. The number of alkyl halides is 3. The molecule has 0 heterocycles. The highest BCUT2D eigenvalue weighted by atomic mass is 35.5. The molecule has 0 saturated heterocycles. The van der Waals surface area contributed by atoms with E-state index in [4.69, 9.17) is 34.8 Å². The van der Waals surface area contributed by atoms with Crippen LogP contribution in [0.3, 0.4) is 0 Å². The second kappa shape index (κ2) is 14.2. The third kappa shape index (κ3) is 8.78. The summed E-state index contributed by atoms with van der Waals surface area (Å²) in [4.78, 5) is 27.9. The molecule has 0 saturated carbocycles. The molecule has 43 heavy (non-hydrogen) atoms. The van der Waals surface area contributed by atoms with E-state index in [0.29, 0.717) is 33.6 Å². The number of carbonyl (C=O) groups is 2. The Kier molecular flexibility index (Phi) is 11.4. The zero-order chi connectivity index (χ0) is 32.1. The van der Waals surface area contributed by atoms with Crippen molar-refractivity contribution in [3.63, 3.8) is 0 Å². The third-order valence-corrected chi connectivity index (χ3v) is 9.04. The van der Waals surface area contributed by atoms with E-state index < -0.39 is 51.9 Å². The molecular formula is C29H29Cl3F3N3O4S. The monoisotopic (exact) mass is 677 g/mol. The minimum atomic E-state index is -4.83. The molecule has 0 aliphatic heterocycles. The number of halogens is 6. The van der Waals surface area contributed by atoms with Crippen molar-refractivity contribution in [2.75, 3.05) is 17.4 Å². The van der Waals surface area contributed by atoms with Crippen LogP contribution in [0.25, 0.3) is 0 Å². The average Bonchev–Trinajstić information content (AvgIpc) is 2.94. The zero-order valence-corrected chi connectivity index (χ0v) is 26.4. The molecule has 3 rings (SSSR count). The Morgan fingerprint density at radius 3 is 2.14 bits per heavy atom. The van der Waals surface area contributed by atoms with Gasteiger partial charge in [0.2, 0.25) is 11.8 Å². The maximum absolute atomic E-state index is 14.0. The van der Waals surface area contributed by atoms with E-state index in [1.165, 1.54) is 43.3 Å². The van der Waals surface area contributed by atoms with E-state index in [2.05, 4.69) is 5.32 Å². The van der Waals surface area contributed by atoms with Crippen LogP contribution < -0.4 is 9.62 Å². The SMILES string of the molecule is CC(C)CNC(=O)C(C)N(Cc1ccc(Cl)cc1Cl)C(=O)CN(c1cc(C(F)(F)F)ccc1Cl)S(=O)(=O)c1ccccc1. The number of anilines is 1. The molecule has 0 fully saturated rings. The van der Waals surface area contributed by atoms with Gasteiger partial charge in [-0.05, 0) is 60.9 Å². The molecule has 7 nitrogen and oxygen atoms in total. The van der Waals surface area contributed by atoms with Crippen LogP contribution in [0.1, 0.15) is 31.9 Å². The summed E-state index contributed by atoms with van der Waals surface area (Å²) in [7, 11) is -4.63. The van der Waals surface area contributed by atoms with Crippen LogP contribution >= 0.6 is 34.8 Å². The zero-order valence-electron chi connectivity index (χ0n) is 23.3. The van der Waals surface area contributed by atoms with E-state index in [1.54, 1.807) is 12.1 Å². The molecule has 1 N–H and O–H groups in total. The lowest BCUT2D eigenvalue weighted by Crippen LogP contribution is -2.51. The topological polar surface area (TPSA) is 86.8 Å². The summed E-state index contributed by atoms with van der Waals surface area (Å²) in [5.74, 6) is -1.33. The number of hydrogen-bond acceptors (Lipinski definition) is 4. The quantitative estimate of drug-likeness (QED) is 0.236. The van der Waals surface area contributed by atoms with Gasteiger partial charge in [0, 0.05) is 23.1 Å². The lowest BCUT2D eigenvalue weighted by molar-refractivity contribution is -0.139. The fourth-order valence-electron chi connectivity index (χ4n) is 3.98. The number of nitrogens with one attached hydrogen (secondary N) is 1. The first-order chi connectivity index (χ1) is 20.0. The van der Waals surface area contributed by atoms with Crippen molar-refractivity contribution < 1.29 is 31.2 Å². The molecule has 0 spiro atoms. The molecule has 0 radical (unpaired) electrons. The highest BCUT2D eigenvalue weighted by molar-refractivity contribution is 7.92. The Morgan fingerprint density at radius 2 is 1.56 bits per heavy atom. The number of rotatable bonds is 11. The average molecular weight is 679 g/mol. The molecule has 3 aromatic rings. The smallest absolute Gasteiger partial charge is 0.354 e. The largest absolute Gasteiger partial charge is 0.416 e. The van der Waals surface area contributed by atoms with Gasteiger partial charge in [0.25, 0.3) is 10.0 Å². The summed E-state index contributed by atoms with van der Waals surface area (Å²) in [6, 6.07) is 12.5. The Balaban J connectivity index is 2.13. The second-order valence-corrected chi connectivity index (χ2v) is 13.2. The fraction of sp³-hybridized carbons (Fsp3) is 0.310. The van der Waals surface area contributed by atoms with Gasteiger partial charge in [-0.2, -0.15) is 13.2 Å². The van der Waals surface area contributed by atoms with E-state index in [9.17, 15) is 31.2 Å². The molecule has 0 bridgehead atoms. The predicted molar refractivity (Wildman–Crippen MR) is 162 cm³/mol. The highest BCUT2D eigenvalue weighted by Gasteiger charge is 2.36. The van der Waals surface area contributed by atoms with Crippen molar-refractivity contribution in [3.8, 4) is 0 Å². The van der Waals surface area contributed by atoms with Crippen molar-refractivity contribution in [1.29, 1.82) is 0 Å². The number of nitrogens with zero attached hydrogens (tertiary/aromatic N) is 2. The molecule has 1 unspecified atom stereocenters. The van der Waals surface area contributed by atoms with Crippen LogP contribution in [0.4, 0.5) is 18.9 Å². The highest BCUT2D eigenvalue weighted by Crippen LogP contribution is 2.37. The normalized spacial score (nSPS) is 12.6. The summed E-state index contributed by atoms with van der Waals surface area (Å²) >= 11 is 18.6. The van der Waals surface area contributed by atoms with Gasteiger partial charge in [-0.3, -0.25) is 13.9 Å². The fourth-order valence-corrected chi connectivity index (χ4v) is 6.17. The van der Waals surface area contributed by atoms with Crippen LogP contribution in [0.2, 0.25) is 15.1 Å². The minimum Gasteiger partial charge on any atom is -0.354 e. The van der Waals surface area contributed by atoms with Crippen LogP contribution in [-0.4, -0.2) is 44.3 Å². The molecule has 3 aromatic carbocycles. The standard InChI is InChI=1S/C29H29Cl3F3N3O4S/c1-18(2)15-36-28(40)19(3)37(16-20-9-11-22(30)14-25(20)32)27(39)17-38(43(41,42)23-7-5-4-6-8-23)26-13-21(29(33,34)35)10-12-24(26)31/h4-14,18-19H,15-17H2,1-3H3,(H,36,40). The lowest BCUT2D eigenvalue weighted by atomic mass is 10.1. The molecule has 0 aliphatic carbocycles. The second-order valence-electron chi connectivity index (χ2n) is 10.1. The Labute approximate surface area is 263 Å². The van der Waals surface area contributed by atoms with Gasteiger partial charge in [-0.1, -0.05) is 72.9 Å².